The third kappa shape index (κ3) is 4.62. The zero-order chi connectivity index (χ0) is 16.8. The van der Waals surface area contributed by atoms with E-state index in [0.717, 1.165) is 36.9 Å². The van der Waals surface area contributed by atoms with Crippen LogP contribution in [0.1, 0.15) is 64.1 Å². The lowest BCUT2D eigenvalue weighted by atomic mass is 9.97. The van der Waals surface area contributed by atoms with Crippen LogP contribution in [0.5, 0.6) is 0 Å². The molecule has 0 fully saturated rings. The van der Waals surface area contributed by atoms with Gasteiger partial charge in [-0.05, 0) is 51.9 Å². The molecule has 0 bridgehead atoms. The molecule has 2 heterocycles. The Bertz CT molecular complexity index is 596. The van der Waals surface area contributed by atoms with Crippen molar-refractivity contribution in [3.63, 3.8) is 0 Å². The number of nitrogens with zero attached hydrogens (tertiary/aromatic N) is 3. The number of aryl methyl sites for hydroxylation is 1. The average Bonchev–Trinajstić information content (AvgIpc) is 2.82. The second-order valence-electron chi connectivity index (χ2n) is 6.77. The van der Waals surface area contributed by atoms with Crippen LogP contribution in [0.2, 0.25) is 0 Å². The Kier molecular flexibility index (Phi) is 6.35. The zero-order valence-corrected chi connectivity index (χ0v) is 15.4. The predicted molar refractivity (Wildman–Crippen MR) is 97.1 cm³/mol. The van der Waals surface area contributed by atoms with E-state index >= 15 is 0 Å². The number of carbonyl (C=O) groups excluding carboxylic acids is 1. The Balaban J connectivity index is 1.47. The fourth-order valence-electron chi connectivity index (χ4n) is 3.38. The van der Waals surface area contributed by atoms with Crippen molar-refractivity contribution in [1.29, 1.82) is 0 Å². The van der Waals surface area contributed by atoms with E-state index < -0.39 is 0 Å². The van der Waals surface area contributed by atoms with Gasteiger partial charge >= 0.3 is 0 Å². The molecule has 1 aromatic rings. The molecule has 1 atom stereocenters. The normalized spacial score (nSPS) is 19.1. The van der Waals surface area contributed by atoms with Crippen LogP contribution in [0.15, 0.2) is 16.8 Å². The van der Waals surface area contributed by atoms with Crippen molar-refractivity contribution in [2.45, 2.75) is 81.7 Å². The summed E-state index contributed by atoms with van der Waals surface area (Å²) in [6, 6.07) is 0. The number of thioether (sulfide) groups is 1. The number of hydrogen-bond acceptors (Lipinski definition) is 4. The first-order valence-corrected chi connectivity index (χ1v) is 10.2. The van der Waals surface area contributed by atoms with Crippen LogP contribution < -0.4 is 5.32 Å². The molecular formula is C18H28N4OS. The molecule has 5 nitrogen and oxygen atoms in total. The number of carbonyl (C=O) groups is 1. The van der Waals surface area contributed by atoms with Gasteiger partial charge in [-0.2, -0.15) is 0 Å². The van der Waals surface area contributed by atoms with Gasteiger partial charge in [0.25, 0.3) is 0 Å². The van der Waals surface area contributed by atoms with Crippen molar-refractivity contribution in [3.05, 3.63) is 17.5 Å². The van der Waals surface area contributed by atoms with E-state index in [2.05, 4.69) is 26.2 Å². The number of fused-ring (bicyclic) bond motifs is 1. The number of amides is 1. The van der Waals surface area contributed by atoms with Gasteiger partial charge in [0, 0.05) is 19.5 Å². The highest BCUT2D eigenvalue weighted by Gasteiger charge is 2.20. The highest BCUT2D eigenvalue weighted by molar-refractivity contribution is 8.00. The minimum Gasteiger partial charge on any atom is -0.355 e. The van der Waals surface area contributed by atoms with Gasteiger partial charge in [0.1, 0.15) is 5.82 Å². The Morgan fingerprint density at radius 1 is 1.25 bits per heavy atom. The number of hydrogen-bond donors (Lipinski definition) is 1. The second kappa shape index (κ2) is 8.70. The summed E-state index contributed by atoms with van der Waals surface area (Å²) in [4.78, 5) is 12.3. The van der Waals surface area contributed by atoms with Crippen LogP contribution in [0.3, 0.4) is 0 Å². The fraction of sp³-hybridized carbons (Fsp3) is 0.722. The van der Waals surface area contributed by atoms with Crippen LogP contribution in [-0.4, -0.2) is 32.5 Å². The molecule has 1 N–H and O–H groups in total. The molecule has 2 aliphatic rings. The summed E-state index contributed by atoms with van der Waals surface area (Å²) in [6.07, 6.45) is 13.0. The van der Waals surface area contributed by atoms with Crippen molar-refractivity contribution in [1.82, 2.24) is 20.1 Å². The molecule has 1 aromatic heterocycles. The SMILES string of the molecule is CC(Sc1nnc2n1CCCCC2)C(=O)NCCC1=CCCCC1. The summed E-state index contributed by atoms with van der Waals surface area (Å²) in [7, 11) is 0. The highest BCUT2D eigenvalue weighted by atomic mass is 32.2. The lowest BCUT2D eigenvalue weighted by Gasteiger charge is -2.15. The molecule has 0 saturated carbocycles. The lowest BCUT2D eigenvalue weighted by molar-refractivity contribution is -0.120. The molecule has 0 radical (unpaired) electrons. The number of allylic oxidation sites excluding steroid dienone is 1. The van der Waals surface area contributed by atoms with E-state index in [0.29, 0.717) is 0 Å². The third-order valence-electron chi connectivity index (χ3n) is 4.86. The van der Waals surface area contributed by atoms with Crippen molar-refractivity contribution in [2.75, 3.05) is 6.54 Å². The van der Waals surface area contributed by atoms with E-state index in [1.54, 1.807) is 0 Å². The monoisotopic (exact) mass is 348 g/mol. The van der Waals surface area contributed by atoms with Crippen LogP contribution in [-0.2, 0) is 17.8 Å². The highest BCUT2D eigenvalue weighted by Crippen LogP contribution is 2.25. The molecule has 0 aromatic carbocycles. The quantitative estimate of drug-likeness (QED) is 0.631. The molecule has 6 heteroatoms. The fourth-order valence-corrected chi connectivity index (χ4v) is 4.30. The van der Waals surface area contributed by atoms with Crippen molar-refractivity contribution in [3.8, 4) is 0 Å². The Morgan fingerprint density at radius 3 is 2.96 bits per heavy atom. The van der Waals surface area contributed by atoms with E-state index in [1.165, 1.54) is 62.3 Å². The van der Waals surface area contributed by atoms with E-state index in [-0.39, 0.29) is 11.2 Å². The van der Waals surface area contributed by atoms with Crippen molar-refractivity contribution >= 4 is 17.7 Å². The summed E-state index contributed by atoms with van der Waals surface area (Å²) < 4.78 is 2.20. The van der Waals surface area contributed by atoms with Crippen LogP contribution in [0.4, 0.5) is 0 Å². The Labute approximate surface area is 148 Å². The number of aromatic nitrogens is 3. The molecule has 1 unspecified atom stereocenters. The summed E-state index contributed by atoms with van der Waals surface area (Å²) in [6.45, 7) is 3.68. The molecule has 1 aliphatic heterocycles. The van der Waals surface area contributed by atoms with Crippen LogP contribution in [0.25, 0.3) is 0 Å². The third-order valence-corrected chi connectivity index (χ3v) is 5.94. The maximum absolute atomic E-state index is 12.3. The molecular weight excluding hydrogens is 320 g/mol. The summed E-state index contributed by atoms with van der Waals surface area (Å²) in [5.74, 6) is 1.18. The topological polar surface area (TPSA) is 59.8 Å². The number of rotatable bonds is 6. The largest absolute Gasteiger partial charge is 0.355 e. The average molecular weight is 349 g/mol. The standard InChI is InChI=1S/C18H28N4OS/c1-14(17(23)19-12-11-15-8-4-2-5-9-15)24-18-21-20-16-10-6-3-7-13-22(16)18/h8,14H,2-7,9-13H2,1H3,(H,19,23). The maximum Gasteiger partial charge on any atom is 0.233 e. The summed E-state index contributed by atoms with van der Waals surface area (Å²) >= 11 is 1.53. The second-order valence-corrected chi connectivity index (χ2v) is 8.08. The van der Waals surface area contributed by atoms with Crippen molar-refractivity contribution < 1.29 is 4.79 Å². The maximum atomic E-state index is 12.3. The molecule has 1 aliphatic carbocycles. The van der Waals surface area contributed by atoms with Gasteiger partial charge in [-0.3, -0.25) is 4.79 Å². The van der Waals surface area contributed by atoms with Gasteiger partial charge in [0.2, 0.25) is 5.91 Å². The smallest absolute Gasteiger partial charge is 0.233 e. The lowest BCUT2D eigenvalue weighted by Crippen LogP contribution is -2.32. The molecule has 24 heavy (non-hydrogen) atoms. The first-order valence-electron chi connectivity index (χ1n) is 9.28. The Hall–Kier alpha value is -1.30. The minimum atomic E-state index is -0.137. The minimum absolute atomic E-state index is 0.0994. The summed E-state index contributed by atoms with van der Waals surface area (Å²) in [5.41, 5.74) is 1.50. The summed E-state index contributed by atoms with van der Waals surface area (Å²) in [5, 5.41) is 12.4. The van der Waals surface area contributed by atoms with Crippen LogP contribution in [0, 0.1) is 0 Å². The predicted octanol–water partition coefficient (Wildman–Crippen LogP) is 3.49. The van der Waals surface area contributed by atoms with Crippen LogP contribution >= 0.6 is 11.8 Å². The van der Waals surface area contributed by atoms with E-state index in [1.807, 2.05) is 6.92 Å². The molecule has 0 spiro atoms. The Morgan fingerprint density at radius 2 is 2.12 bits per heavy atom. The van der Waals surface area contributed by atoms with E-state index in [9.17, 15) is 4.79 Å². The van der Waals surface area contributed by atoms with Gasteiger partial charge in [0.15, 0.2) is 5.16 Å². The van der Waals surface area contributed by atoms with Gasteiger partial charge in [-0.25, -0.2) is 0 Å². The van der Waals surface area contributed by atoms with Crippen molar-refractivity contribution in [2.24, 2.45) is 0 Å². The van der Waals surface area contributed by atoms with Gasteiger partial charge in [-0.15, -0.1) is 10.2 Å². The van der Waals surface area contributed by atoms with Gasteiger partial charge < -0.3 is 9.88 Å². The first kappa shape index (κ1) is 17.5. The molecule has 1 amide bonds. The molecule has 0 saturated heterocycles. The zero-order valence-electron chi connectivity index (χ0n) is 14.6. The number of nitrogens with one attached hydrogen (secondary N) is 1. The van der Waals surface area contributed by atoms with Gasteiger partial charge in [-0.1, -0.05) is 29.8 Å². The van der Waals surface area contributed by atoms with E-state index in [4.69, 9.17) is 0 Å². The molecule has 3 rings (SSSR count). The first-order chi connectivity index (χ1) is 11.7. The molecule has 132 valence electrons. The van der Waals surface area contributed by atoms with Gasteiger partial charge in [0.05, 0.1) is 5.25 Å².